The van der Waals surface area contributed by atoms with Gasteiger partial charge in [0.05, 0.1) is 23.3 Å². The molecule has 0 radical (unpaired) electrons. The number of carbonyl (C=O) groups excluding carboxylic acids is 1. The first-order chi connectivity index (χ1) is 13.8. The van der Waals surface area contributed by atoms with E-state index in [4.69, 9.17) is 9.84 Å². The van der Waals surface area contributed by atoms with Crippen molar-refractivity contribution in [2.75, 3.05) is 13.2 Å². The van der Waals surface area contributed by atoms with E-state index in [0.717, 1.165) is 5.56 Å². The molecule has 0 aliphatic heterocycles. The van der Waals surface area contributed by atoms with Crippen LogP contribution < -0.4 is 4.74 Å². The van der Waals surface area contributed by atoms with Crippen LogP contribution >= 0.6 is 0 Å². The summed E-state index contributed by atoms with van der Waals surface area (Å²) in [6.45, 7) is 3.45. The van der Waals surface area contributed by atoms with Gasteiger partial charge in [-0.2, -0.15) is 5.26 Å². The number of aliphatic hydroxyl groups is 2. The number of nitrogens with zero attached hydrogens (tertiary/aromatic N) is 1. The van der Waals surface area contributed by atoms with Crippen LogP contribution in [0.2, 0.25) is 0 Å². The lowest BCUT2D eigenvalue weighted by Gasteiger charge is -2.32. The van der Waals surface area contributed by atoms with E-state index < -0.39 is 18.1 Å². The summed E-state index contributed by atoms with van der Waals surface area (Å²) in [6, 6.07) is 10.2. The number of nitrogens with one attached hydrogen (secondary N) is 1. The molecule has 0 bridgehead atoms. The fraction of sp³-hybridized carbons (Fsp3) is 0.273. The third-order valence-corrected chi connectivity index (χ3v) is 5.48. The molecule has 7 heteroatoms. The Kier molecular flexibility index (Phi) is 4.34. The van der Waals surface area contributed by atoms with E-state index in [-0.39, 0.29) is 23.7 Å². The summed E-state index contributed by atoms with van der Waals surface area (Å²) in [7, 11) is 0. The van der Waals surface area contributed by atoms with Crippen LogP contribution in [0.3, 0.4) is 0 Å². The molecule has 1 aromatic heterocycles. The van der Waals surface area contributed by atoms with Gasteiger partial charge in [-0.05, 0) is 29.8 Å². The van der Waals surface area contributed by atoms with Crippen molar-refractivity contribution >= 4 is 16.7 Å². The van der Waals surface area contributed by atoms with Gasteiger partial charge in [-0.3, -0.25) is 4.79 Å². The highest BCUT2D eigenvalue weighted by atomic mass is 16.5. The minimum absolute atomic E-state index is 0.0634. The summed E-state index contributed by atoms with van der Waals surface area (Å²) >= 11 is 0. The van der Waals surface area contributed by atoms with Crippen LogP contribution in [0.25, 0.3) is 10.9 Å². The molecule has 29 heavy (non-hydrogen) atoms. The standard InChI is InChI=1S/C22H20N2O5/c1-22(2)16-7-13(29-10-12(26)9-25)4-6-14(16)20(28)17-15-5-3-11(8-23)19(27)18(15)24-21(17)22/h3-7,12,24-27H,9-10H2,1-2H3/t12-/m0/s1. The molecular weight excluding hydrogens is 372 g/mol. The number of ketones is 1. The molecule has 148 valence electrons. The Hall–Kier alpha value is -3.34. The zero-order chi connectivity index (χ0) is 20.9. The summed E-state index contributed by atoms with van der Waals surface area (Å²) in [5.41, 5.74) is 2.32. The third kappa shape index (κ3) is 2.77. The number of aromatic amines is 1. The average molecular weight is 392 g/mol. The minimum atomic E-state index is -0.988. The molecule has 7 nitrogen and oxygen atoms in total. The van der Waals surface area contributed by atoms with E-state index in [1.165, 1.54) is 6.07 Å². The highest BCUT2D eigenvalue weighted by Gasteiger charge is 2.40. The van der Waals surface area contributed by atoms with Gasteiger partial charge in [0.1, 0.15) is 24.5 Å². The first kappa shape index (κ1) is 19.0. The average Bonchev–Trinajstić information content (AvgIpc) is 3.12. The van der Waals surface area contributed by atoms with E-state index >= 15 is 0 Å². The van der Waals surface area contributed by atoms with Gasteiger partial charge in [0.25, 0.3) is 0 Å². The maximum Gasteiger partial charge on any atom is 0.195 e. The quantitative estimate of drug-likeness (QED) is 0.540. The van der Waals surface area contributed by atoms with E-state index in [1.54, 1.807) is 24.3 Å². The van der Waals surface area contributed by atoms with Crippen molar-refractivity contribution in [2.45, 2.75) is 25.4 Å². The summed E-state index contributed by atoms with van der Waals surface area (Å²) in [5, 5.41) is 38.6. The normalized spacial score (nSPS) is 15.5. The topological polar surface area (TPSA) is 127 Å². The predicted octanol–water partition coefficient (Wildman–Crippen LogP) is 2.35. The predicted molar refractivity (Wildman–Crippen MR) is 105 cm³/mol. The molecular formula is C22H20N2O5. The van der Waals surface area contributed by atoms with Gasteiger partial charge in [0.15, 0.2) is 11.5 Å². The molecule has 1 heterocycles. The number of H-pyrrole nitrogens is 1. The molecule has 4 N–H and O–H groups in total. The molecule has 1 aliphatic carbocycles. The Bertz CT molecular complexity index is 1190. The van der Waals surface area contributed by atoms with E-state index in [9.17, 15) is 20.3 Å². The first-order valence-corrected chi connectivity index (χ1v) is 9.18. The van der Waals surface area contributed by atoms with Crippen molar-refractivity contribution < 1.29 is 24.9 Å². The SMILES string of the molecule is CC1(C)c2cc(OC[C@@H](O)CO)ccc2C(=O)c2c1[nH]c1c(O)c(C#N)ccc21. The van der Waals surface area contributed by atoms with Crippen molar-refractivity contribution in [3.8, 4) is 17.6 Å². The fourth-order valence-electron chi connectivity index (χ4n) is 3.89. The van der Waals surface area contributed by atoms with Crippen molar-refractivity contribution in [3.05, 3.63) is 58.3 Å². The number of nitriles is 1. The number of aromatic nitrogens is 1. The second-order valence-corrected chi connectivity index (χ2v) is 7.68. The van der Waals surface area contributed by atoms with Crippen molar-refractivity contribution in [1.82, 2.24) is 4.98 Å². The first-order valence-electron chi connectivity index (χ1n) is 9.18. The lowest BCUT2D eigenvalue weighted by Crippen LogP contribution is -2.30. The van der Waals surface area contributed by atoms with Gasteiger partial charge in [-0.25, -0.2) is 0 Å². The number of hydrogen-bond acceptors (Lipinski definition) is 6. The summed E-state index contributed by atoms with van der Waals surface area (Å²) in [5.74, 6) is 0.131. The van der Waals surface area contributed by atoms with Crippen LogP contribution in [0.1, 0.15) is 46.6 Å². The number of benzene rings is 2. The molecule has 0 amide bonds. The molecule has 0 spiro atoms. The van der Waals surface area contributed by atoms with Crippen molar-refractivity contribution in [3.63, 3.8) is 0 Å². The number of carbonyl (C=O) groups is 1. The molecule has 3 aromatic rings. The zero-order valence-corrected chi connectivity index (χ0v) is 16.0. The Morgan fingerprint density at radius 1 is 1.28 bits per heavy atom. The number of ether oxygens (including phenoxy) is 1. The Labute approximate surface area is 166 Å². The second-order valence-electron chi connectivity index (χ2n) is 7.68. The lowest BCUT2D eigenvalue weighted by molar-refractivity contribution is 0.0535. The van der Waals surface area contributed by atoms with E-state index in [0.29, 0.717) is 33.5 Å². The minimum Gasteiger partial charge on any atom is -0.504 e. The van der Waals surface area contributed by atoms with Crippen LogP contribution in [0.15, 0.2) is 30.3 Å². The maximum atomic E-state index is 13.3. The number of hydrogen-bond donors (Lipinski definition) is 4. The second kappa shape index (κ2) is 6.62. The maximum absolute atomic E-state index is 13.3. The van der Waals surface area contributed by atoms with Crippen LogP contribution in [0.4, 0.5) is 0 Å². The van der Waals surface area contributed by atoms with Gasteiger partial charge in [-0.15, -0.1) is 0 Å². The smallest absolute Gasteiger partial charge is 0.195 e. The van der Waals surface area contributed by atoms with Gasteiger partial charge >= 0.3 is 0 Å². The fourth-order valence-corrected chi connectivity index (χ4v) is 3.89. The van der Waals surface area contributed by atoms with Gasteiger partial charge in [0, 0.05) is 22.1 Å². The van der Waals surface area contributed by atoms with Gasteiger partial charge < -0.3 is 25.0 Å². The number of phenolic OH excluding ortho intramolecular Hbond substituents is 1. The highest BCUT2D eigenvalue weighted by molar-refractivity contribution is 6.20. The molecule has 2 aromatic carbocycles. The van der Waals surface area contributed by atoms with Gasteiger partial charge in [-0.1, -0.05) is 19.9 Å². The van der Waals surface area contributed by atoms with Crippen LogP contribution in [0.5, 0.6) is 11.5 Å². The largest absolute Gasteiger partial charge is 0.504 e. The summed E-state index contributed by atoms with van der Waals surface area (Å²) in [4.78, 5) is 16.4. The third-order valence-electron chi connectivity index (χ3n) is 5.48. The van der Waals surface area contributed by atoms with Crippen LogP contribution in [0, 0.1) is 11.3 Å². The van der Waals surface area contributed by atoms with Crippen molar-refractivity contribution in [2.24, 2.45) is 0 Å². The van der Waals surface area contributed by atoms with Crippen LogP contribution in [-0.2, 0) is 5.41 Å². The number of aromatic hydroxyl groups is 1. The highest BCUT2D eigenvalue weighted by Crippen LogP contribution is 2.46. The Balaban J connectivity index is 1.87. The molecule has 1 atom stereocenters. The van der Waals surface area contributed by atoms with E-state index in [2.05, 4.69) is 4.98 Å². The molecule has 0 saturated carbocycles. The summed E-state index contributed by atoms with van der Waals surface area (Å²) in [6.07, 6.45) is -0.988. The van der Waals surface area contributed by atoms with Gasteiger partial charge in [0.2, 0.25) is 0 Å². The molecule has 0 unspecified atom stereocenters. The molecule has 4 rings (SSSR count). The molecule has 0 fully saturated rings. The lowest BCUT2D eigenvalue weighted by atomic mass is 9.71. The number of aliphatic hydroxyl groups excluding tert-OH is 2. The Morgan fingerprint density at radius 3 is 2.72 bits per heavy atom. The van der Waals surface area contributed by atoms with E-state index in [1.807, 2.05) is 19.9 Å². The van der Waals surface area contributed by atoms with Crippen molar-refractivity contribution in [1.29, 1.82) is 5.26 Å². The zero-order valence-electron chi connectivity index (χ0n) is 16.0. The summed E-state index contributed by atoms with van der Waals surface area (Å²) < 4.78 is 5.54. The number of phenols is 1. The molecule has 1 aliphatic rings. The molecule has 0 saturated heterocycles. The number of fused-ring (bicyclic) bond motifs is 4. The Morgan fingerprint density at radius 2 is 2.03 bits per heavy atom. The van der Waals surface area contributed by atoms with Crippen LogP contribution in [-0.4, -0.2) is 45.4 Å². The number of rotatable bonds is 4. The monoisotopic (exact) mass is 392 g/mol.